The van der Waals surface area contributed by atoms with Gasteiger partial charge in [0.25, 0.3) is 5.91 Å². The summed E-state index contributed by atoms with van der Waals surface area (Å²) < 4.78 is 0. The molecule has 1 aromatic rings. The molecule has 0 bridgehead atoms. The summed E-state index contributed by atoms with van der Waals surface area (Å²) in [5, 5.41) is 12.6. The molecule has 2 N–H and O–H groups in total. The third kappa shape index (κ3) is 2.78. The first-order valence-corrected chi connectivity index (χ1v) is 7.06. The van der Waals surface area contributed by atoms with E-state index in [1.54, 1.807) is 20.8 Å². The molecule has 2 rings (SSSR count). The van der Waals surface area contributed by atoms with Gasteiger partial charge in [0.2, 0.25) is 0 Å². The first-order valence-electron chi connectivity index (χ1n) is 6.68. The number of aromatic nitrogens is 2. The highest BCUT2D eigenvalue weighted by Gasteiger charge is 2.41. The largest absolute Gasteiger partial charge is 0.465 e. The number of carbonyl (C=O) groups is 2. The summed E-state index contributed by atoms with van der Waals surface area (Å²) in [7, 11) is 1.53. The molecule has 0 aromatic carbocycles. The fourth-order valence-electron chi connectivity index (χ4n) is 2.49. The summed E-state index contributed by atoms with van der Waals surface area (Å²) in [4.78, 5) is 34.7. The standard InChI is InChI=1S/C13H18ClN5O3/c1-13(2,3)19(12(21)22)7-5-15-10-8(18(4)11(7)20)9(14)16-6-17-10/h6-7H,5H2,1-4H3,(H,21,22)(H,15,16,17)/t7-/m0/s1. The maximum absolute atomic E-state index is 12.7. The van der Waals surface area contributed by atoms with Crippen LogP contribution in [0.1, 0.15) is 20.8 Å². The number of carbonyl (C=O) groups excluding carboxylic acids is 1. The van der Waals surface area contributed by atoms with Crippen LogP contribution in [-0.4, -0.2) is 57.1 Å². The average Bonchev–Trinajstić information content (AvgIpc) is 2.50. The quantitative estimate of drug-likeness (QED) is 0.761. The Morgan fingerprint density at radius 3 is 2.68 bits per heavy atom. The lowest BCUT2D eigenvalue weighted by Crippen LogP contribution is -2.58. The van der Waals surface area contributed by atoms with Gasteiger partial charge >= 0.3 is 6.09 Å². The van der Waals surface area contributed by atoms with Gasteiger partial charge in [-0.05, 0) is 20.8 Å². The lowest BCUT2D eigenvalue weighted by molar-refractivity contribution is -0.124. The number of halogens is 1. The zero-order chi connectivity index (χ0) is 16.7. The summed E-state index contributed by atoms with van der Waals surface area (Å²) in [5.41, 5.74) is -0.392. The molecule has 9 heteroatoms. The van der Waals surface area contributed by atoms with Crippen LogP contribution >= 0.6 is 11.6 Å². The zero-order valence-corrected chi connectivity index (χ0v) is 13.5. The molecule has 0 radical (unpaired) electrons. The first kappa shape index (κ1) is 16.3. The second kappa shape index (κ2) is 5.60. The Morgan fingerprint density at radius 2 is 2.14 bits per heavy atom. The Bertz CT molecular complexity index is 616. The van der Waals surface area contributed by atoms with Gasteiger partial charge in [-0.15, -0.1) is 0 Å². The molecular weight excluding hydrogens is 310 g/mol. The number of nitrogens with zero attached hydrogens (tertiary/aromatic N) is 4. The number of likely N-dealkylation sites (N-methyl/N-ethyl adjacent to an activating group) is 1. The van der Waals surface area contributed by atoms with Gasteiger partial charge in [-0.2, -0.15) is 0 Å². The highest BCUT2D eigenvalue weighted by molar-refractivity contribution is 6.33. The molecule has 0 spiro atoms. The molecule has 0 fully saturated rings. The highest BCUT2D eigenvalue weighted by atomic mass is 35.5. The number of anilines is 2. The highest BCUT2D eigenvalue weighted by Crippen LogP contribution is 2.33. The van der Waals surface area contributed by atoms with Gasteiger partial charge in [-0.1, -0.05) is 11.6 Å². The molecule has 2 amide bonds. The summed E-state index contributed by atoms with van der Waals surface area (Å²) >= 11 is 6.04. The fraction of sp³-hybridized carbons (Fsp3) is 0.538. The normalized spacial score (nSPS) is 18.3. The van der Waals surface area contributed by atoms with Crippen LogP contribution in [-0.2, 0) is 4.79 Å². The molecule has 0 saturated heterocycles. The van der Waals surface area contributed by atoms with Gasteiger partial charge in [0.15, 0.2) is 11.0 Å². The van der Waals surface area contributed by atoms with E-state index in [2.05, 4.69) is 15.3 Å². The van der Waals surface area contributed by atoms with E-state index < -0.39 is 17.7 Å². The van der Waals surface area contributed by atoms with Crippen LogP contribution in [0.2, 0.25) is 5.15 Å². The Kier molecular flexibility index (Phi) is 4.15. The SMILES string of the molecule is CN1C(=O)[C@@H](N(C(=O)O)C(C)(C)C)CNc2ncnc(Cl)c21. The smallest absolute Gasteiger partial charge is 0.408 e. The number of fused-ring (bicyclic) bond motifs is 1. The molecule has 1 atom stereocenters. The van der Waals surface area contributed by atoms with E-state index in [0.29, 0.717) is 11.5 Å². The molecular formula is C13H18ClN5O3. The summed E-state index contributed by atoms with van der Waals surface area (Å²) in [6, 6.07) is -0.896. The van der Waals surface area contributed by atoms with Gasteiger partial charge in [0.1, 0.15) is 18.1 Å². The molecule has 1 aliphatic heterocycles. The maximum Gasteiger partial charge on any atom is 0.408 e. The Balaban J connectivity index is 2.46. The number of nitrogens with one attached hydrogen (secondary N) is 1. The van der Waals surface area contributed by atoms with Crippen LogP contribution in [0.25, 0.3) is 0 Å². The van der Waals surface area contributed by atoms with Crippen molar-refractivity contribution in [2.45, 2.75) is 32.4 Å². The monoisotopic (exact) mass is 327 g/mol. The van der Waals surface area contributed by atoms with Gasteiger partial charge in [-0.3, -0.25) is 9.69 Å². The van der Waals surface area contributed by atoms with Crippen LogP contribution in [0, 0.1) is 0 Å². The summed E-state index contributed by atoms with van der Waals surface area (Å²) in [6.45, 7) is 5.31. The molecule has 120 valence electrons. The molecule has 22 heavy (non-hydrogen) atoms. The Morgan fingerprint density at radius 1 is 1.50 bits per heavy atom. The van der Waals surface area contributed by atoms with Gasteiger partial charge < -0.3 is 15.3 Å². The number of carboxylic acid groups (broad SMARTS) is 1. The first-order chi connectivity index (χ1) is 10.1. The van der Waals surface area contributed by atoms with E-state index in [1.165, 1.54) is 18.3 Å². The van der Waals surface area contributed by atoms with E-state index in [9.17, 15) is 14.7 Å². The number of hydrogen-bond acceptors (Lipinski definition) is 5. The van der Waals surface area contributed by atoms with Crippen LogP contribution < -0.4 is 10.2 Å². The summed E-state index contributed by atoms with van der Waals surface area (Å²) in [6.07, 6.45) is 0.120. The van der Waals surface area contributed by atoms with Crippen molar-refractivity contribution in [2.24, 2.45) is 0 Å². The molecule has 0 aliphatic carbocycles. The molecule has 0 saturated carbocycles. The minimum atomic E-state index is -1.16. The van der Waals surface area contributed by atoms with Crippen molar-refractivity contribution in [3.63, 3.8) is 0 Å². The van der Waals surface area contributed by atoms with Crippen molar-refractivity contribution in [2.75, 3.05) is 23.8 Å². The summed E-state index contributed by atoms with van der Waals surface area (Å²) in [5.74, 6) is 0.0119. The maximum atomic E-state index is 12.7. The molecule has 2 heterocycles. The molecule has 1 aromatic heterocycles. The van der Waals surface area contributed by atoms with Crippen molar-refractivity contribution < 1.29 is 14.7 Å². The topological polar surface area (TPSA) is 98.7 Å². The predicted molar refractivity (Wildman–Crippen MR) is 82.3 cm³/mol. The zero-order valence-electron chi connectivity index (χ0n) is 12.8. The van der Waals surface area contributed by atoms with Gasteiger partial charge in [-0.25, -0.2) is 14.8 Å². The van der Waals surface area contributed by atoms with E-state index >= 15 is 0 Å². The third-order valence-electron chi connectivity index (χ3n) is 3.43. The third-order valence-corrected chi connectivity index (χ3v) is 3.71. The van der Waals surface area contributed by atoms with Gasteiger partial charge in [0, 0.05) is 19.1 Å². The second-order valence-electron chi connectivity index (χ2n) is 5.98. The lowest BCUT2D eigenvalue weighted by Gasteiger charge is -2.39. The van der Waals surface area contributed by atoms with Crippen LogP contribution in [0.15, 0.2) is 6.33 Å². The number of amides is 2. The van der Waals surface area contributed by atoms with E-state index in [4.69, 9.17) is 11.6 Å². The van der Waals surface area contributed by atoms with Crippen molar-refractivity contribution in [1.29, 1.82) is 0 Å². The predicted octanol–water partition coefficient (Wildman–Crippen LogP) is 1.67. The Hall–Kier alpha value is -2.09. The van der Waals surface area contributed by atoms with Crippen LogP contribution in [0.5, 0.6) is 0 Å². The average molecular weight is 328 g/mol. The number of hydrogen-bond donors (Lipinski definition) is 2. The minimum Gasteiger partial charge on any atom is -0.465 e. The lowest BCUT2D eigenvalue weighted by atomic mass is 10.0. The molecule has 1 aliphatic rings. The van der Waals surface area contributed by atoms with Crippen LogP contribution in [0.4, 0.5) is 16.3 Å². The van der Waals surface area contributed by atoms with E-state index in [-0.39, 0.29) is 17.6 Å². The fourth-order valence-corrected chi connectivity index (χ4v) is 2.75. The van der Waals surface area contributed by atoms with Crippen molar-refractivity contribution in [1.82, 2.24) is 14.9 Å². The van der Waals surface area contributed by atoms with Crippen molar-refractivity contribution >= 4 is 35.1 Å². The molecule has 0 unspecified atom stereocenters. The molecule has 8 nitrogen and oxygen atoms in total. The van der Waals surface area contributed by atoms with Gasteiger partial charge in [0.05, 0.1) is 0 Å². The van der Waals surface area contributed by atoms with Crippen LogP contribution in [0.3, 0.4) is 0 Å². The minimum absolute atomic E-state index is 0.104. The van der Waals surface area contributed by atoms with Crippen molar-refractivity contribution in [3.05, 3.63) is 11.5 Å². The van der Waals surface area contributed by atoms with E-state index in [0.717, 1.165) is 4.90 Å². The number of rotatable bonds is 1. The van der Waals surface area contributed by atoms with E-state index in [1.807, 2.05) is 0 Å². The van der Waals surface area contributed by atoms with Crippen molar-refractivity contribution in [3.8, 4) is 0 Å². The second-order valence-corrected chi connectivity index (χ2v) is 6.34. The Labute approximate surface area is 133 Å².